The van der Waals surface area contributed by atoms with E-state index in [4.69, 9.17) is 21.4 Å². The predicted octanol–water partition coefficient (Wildman–Crippen LogP) is 3.09. The van der Waals surface area contributed by atoms with Crippen LogP contribution in [0.1, 0.15) is 36.0 Å². The molecule has 2 fully saturated rings. The van der Waals surface area contributed by atoms with Gasteiger partial charge in [-0.25, -0.2) is 0 Å². The van der Waals surface area contributed by atoms with Crippen molar-refractivity contribution in [3.8, 4) is 0 Å². The van der Waals surface area contributed by atoms with E-state index in [1.165, 1.54) is 0 Å². The molecule has 1 aromatic heterocycles. The fraction of sp³-hybridized carbons (Fsp3) is 0.500. The van der Waals surface area contributed by atoms with Gasteiger partial charge in [0.2, 0.25) is 0 Å². The summed E-state index contributed by atoms with van der Waals surface area (Å²) in [5, 5.41) is 0. The fourth-order valence-electron chi connectivity index (χ4n) is 3.87. The van der Waals surface area contributed by atoms with Crippen LogP contribution in [0.25, 0.3) is 11.1 Å². The molecule has 6 nitrogen and oxygen atoms in total. The lowest BCUT2D eigenvalue weighted by Crippen LogP contribution is -2.54. The minimum absolute atomic E-state index is 0.0871. The zero-order valence-corrected chi connectivity index (χ0v) is 14.6. The highest BCUT2D eigenvalue weighted by molar-refractivity contribution is 7.71. The molecule has 2 heterocycles. The average molecular weight is 360 g/mol. The molecule has 132 valence electrons. The normalized spacial score (nSPS) is 24.6. The Balaban J connectivity index is 1.63. The Hall–Kier alpha value is -1.99. The van der Waals surface area contributed by atoms with E-state index in [0.29, 0.717) is 37.3 Å². The van der Waals surface area contributed by atoms with Gasteiger partial charge in [0.15, 0.2) is 5.58 Å². The van der Waals surface area contributed by atoms with Gasteiger partial charge in [0, 0.05) is 24.4 Å². The molecule has 1 aromatic carbocycles. The minimum Gasteiger partial charge on any atom is -0.429 e. The third kappa shape index (κ3) is 3.14. The Morgan fingerprint density at radius 1 is 1.32 bits per heavy atom. The lowest BCUT2D eigenvalue weighted by molar-refractivity contribution is -0.129. The van der Waals surface area contributed by atoms with Crippen LogP contribution in [-0.2, 0) is 9.53 Å². The molecule has 25 heavy (non-hydrogen) atoms. The highest BCUT2D eigenvalue weighted by Crippen LogP contribution is 2.29. The zero-order valence-electron chi connectivity index (χ0n) is 13.8. The molecule has 2 aliphatic rings. The maximum atomic E-state index is 13.1. The van der Waals surface area contributed by atoms with E-state index in [1.807, 2.05) is 0 Å². The topological polar surface area (TPSA) is 75.5 Å². The van der Waals surface area contributed by atoms with Gasteiger partial charge in [-0.2, -0.15) is 0 Å². The summed E-state index contributed by atoms with van der Waals surface area (Å²) in [6.07, 6.45) is 3.43. The smallest absolute Gasteiger partial charge is 0.266 e. The molecule has 4 rings (SSSR count). The van der Waals surface area contributed by atoms with Crippen LogP contribution in [0.2, 0.25) is 0 Å². The number of carbonyl (C=O) groups excluding carboxylic acids is 2. The van der Waals surface area contributed by atoms with Gasteiger partial charge < -0.3 is 19.0 Å². The molecule has 1 saturated carbocycles. The van der Waals surface area contributed by atoms with E-state index >= 15 is 0 Å². The number of rotatable bonds is 2. The Kier molecular flexibility index (Phi) is 4.43. The number of oxazole rings is 1. The number of amides is 1. The standard InChI is InChI=1S/C18H20N2O4S/c21-15-4-2-1-3-12(15)14-10-23-8-7-20(14)17(22)11-5-6-13-16(9-11)24-18(25)19-13/h5-6,9,12,14H,1-4,7-8,10H2,(H,19,25)/t12-,14-/m1/s1. The Morgan fingerprint density at radius 2 is 2.20 bits per heavy atom. The lowest BCUT2D eigenvalue weighted by atomic mass is 9.82. The molecule has 1 N–H and O–H groups in total. The number of fused-ring (bicyclic) bond motifs is 1. The highest BCUT2D eigenvalue weighted by Gasteiger charge is 2.38. The number of nitrogens with one attached hydrogen (secondary N) is 1. The lowest BCUT2D eigenvalue weighted by Gasteiger charge is -2.40. The maximum Gasteiger partial charge on any atom is 0.266 e. The van der Waals surface area contributed by atoms with Crippen molar-refractivity contribution in [2.24, 2.45) is 5.92 Å². The first-order valence-corrected chi connectivity index (χ1v) is 9.08. The zero-order chi connectivity index (χ0) is 17.4. The molecule has 1 aliphatic carbocycles. The molecule has 1 aliphatic heterocycles. The summed E-state index contributed by atoms with van der Waals surface area (Å²) >= 11 is 4.99. The van der Waals surface area contributed by atoms with Crippen LogP contribution >= 0.6 is 12.2 Å². The van der Waals surface area contributed by atoms with Crippen molar-refractivity contribution in [1.29, 1.82) is 0 Å². The van der Waals surface area contributed by atoms with Crippen LogP contribution in [0.5, 0.6) is 0 Å². The van der Waals surface area contributed by atoms with Crippen molar-refractivity contribution >= 4 is 35.0 Å². The molecule has 2 atom stereocenters. The highest BCUT2D eigenvalue weighted by atomic mass is 32.1. The third-order valence-electron chi connectivity index (χ3n) is 5.16. The van der Waals surface area contributed by atoms with Crippen molar-refractivity contribution in [3.05, 3.63) is 28.6 Å². The molecule has 1 amide bonds. The molecule has 0 radical (unpaired) electrons. The predicted molar refractivity (Wildman–Crippen MR) is 94.0 cm³/mol. The summed E-state index contributed by atoms with van der Waals surface area (Å²) in [6, 6.07) is 5.09. The molecule has 0 spiro atoms. The van der Waals surface area contributed by atoms with Gasteiger partial charge in [0.05, 0.1) is 24.8 Å². The number of aromatic nitrogens is 1. The molecule has 0 unspecified atom stereocenters. The number of Topliss-reactive ketones (excluding diaryl/α,β-unsaturated/α-hetero) is 1. The maximum absolute atomic E-state index is 13.1. The number of carbonyl (C=O) groups is 2. The first-order chi connectivity index (χ1) is 12.1. The summed E-state index contributed by atoms with van der Waals surface area (Å²) in [6.45, 7) is 1.42. The van der Waals surface area contributed by atoms with Crippen molar-refractivity contribution < 1.29 is 18.7 Å². The second-order valence-electron chi connectivity index (χ2n) is 6.68. The summed E-state index contributed by atoms with van der Waals surface area (Å²) in [4.78, 5) is 30.5. The van der Waals surface area contributed by atoms with E-state index in [2.05, 4.69) is 4.98 Å². The van der Waals surface area contributed by atoms with Crippen LogP contribution in [0, 0.1) is 10.8 Å². The number of aromatic amines is 1. The van der Waals surface area contributed by atoms with Gasteiger partial charge >= 0.3 is 0 Å². The van der Waals surface area contributed by atoms with E-state index in [1.54, 1.807) is 23.1 Å². The minimum atomic E-state index is -0.178. The van der Waals surface area contributed by atoms with Crippen molar-refractivity contribution in [1.82, 2.24) is 9.88 Å². The number of H-pyrrole nitrogens is 1. The van der Waals surface area contributed by atoms with Gasteiger partial charge in [-0.1, -0.05) is 6.42 Å². The van der Waals surface area contributed by atoms with Crippen molar-refractivity contribution in [3.63, 3.8) is 0 Å². The average Bonchev–Trinajstić information content (AvgIpc) is 3.00. The molecule has 7 heteroatoms. The first-order valence-electron chi connectivity index (χ1n) is 8.68. The van der Waals surface area contributed by atoms with E-state index < -0.39 is 0 Å². The summed E-state index contributed by atoms with van der Waals surface area (Å²) in [7, 11) is 0. The van der Waals surface area contributed by atoms with Gasteiger partial charge in [-0.15, -0.1) is 0 Å². The van der Waals surface area contributed by atoms with E-state index in [0.717, 1.165) is 24.8 Å². The second kappa shape index (κ2) is 6.72. The van der Waals surface area contributed by atoms with Gasteiger partial charge in [-0.3, -0.25) is 9.59 Å². The first kappa shape index (κ1) is 16.5. The molecular weight excluding hydrogens is 340 g/mol. The van der Waals surface area contributed by atoms with Crippen LogP contribution in [0.3, 0.4) is 0 Å². The Bertz CT molecular complexity index is 871. The van der Waals surface area contributed by atoms with Gasteiger partial charge in [0.25, 0.3) is 10.7 Å². The van der Waals surface area contributed by atoms with Crippen LogP contribution in [-0.4, -0.2) is 47.4 Å². The van der Waals surface area contributed by atoms with Gasteiger partial charge in [0.1, 0.15) is 5.78 Å². The van der Waals surface area contributed by atoms with Crippen LogP contribution in [0.4, 0.5) is 0 Å². The number of nitrogens with zero attached hydrogens (tertiary/aromatic N) is 1. The number of ketones is 1. The number of ether oxygens (including phenoxy) is 1. The van der Waals surface area contributed by atoms with Crippen LogP contribution < -0.4 is 0 Å². The third-order valence-corrected chi connectivity index (χ3v) is 5.35. The summed E-state index contributed by atoms with van der Waals surface area (Å²) < 4.78 is 11.0. The number of benzene rings is 1. The Morgan fingerprint density at radius 3 is 3.04 bits per heavy atom. The van der Waals surface area contributed by atoms with E-state index in [-0.39, 0.29) is 28.5 Å². The van der Waals surface area contributed by atoms with Gasteiger partial charge in [-0.05, 0) is 43.3 Å². The van der Waals surface area contributed by atoms with Crippen molar-refractivity contribution in [2.75, 3.05) is 19.8 Å². The largest absolute Gasteiger partial charge is 0.429 e. The molecule has 0 bridgehead atoms. The quantitative estimate of drug-likeness (QED) is 0.833. The fourth-order valence-corrected chi connectivity index (χ4v) is 4.07. The number of hydrogen-bond donors (Lipinski definition) is 1. The van der Waals surface area contributed by atoms with Crippen LogP contribution in [0.15, 0.2) is 22.6 Å². The Labute approximate surface area is 150 Å². The summed E-state index contributed by atoms with van der Waals surface area (Å²) in [5.74, 6) is 0.0557. The summed E-state index contributed by atoms with van der Waals surface area (Å²) in [5.41, 5.74) is 1.87. The number of morpholine rings is 1. The number of hydrogen-bond acceptors (Lipinski definition) is 5. The monoisotopic (exact) mass is 360 g/mol. The molecule has 2 aromatic rings. The van der Waals surface area contributed by atoms with E-state index in [9.17, 15) is 9.59 Å². The van der Waals surface area contributed by atoms with Crippen molar-refractivity contribution in [2.45, 2.75) is 31.7 Å². The second-order valence-corrected chi connectivity index (χ2v) is 7.06. The molecule has 1 saturated heterocycles. The SMILES string of the molecule is O=C1CCCC[C@@H]1[C@H]1COCCN1C(=O)c1ccc2[nH]c(=S)oc2c1. The molecular formula is C18H20N2O4S.